The molecule has 0 saturated heterocycles. The second-order valence-corrected chi connectivity index (χ2v) is 5.88. The van der Waals surface area contributed by atoms with Gasteiger partial charge in [0.25, 0.3) is 0 Å². The summed E-state index contributed by atoms with van der Waals surface area (Å²) in [5, 5.41) is 21.7. The molecule has 1 fully saturated rings. The molecule has 0 bridgehead atoms. The first-order chi connectivity index (χ1) is 8.75. The van der Waals surface area contributed by atoms with Gasteiger partial charge in [0.2, 0.25) is 5.82 Å². The molecule has 4 rings (SSSR count). The molecule has 2 aromatic heterocycles. The number of rotatable bonds is 3. The molecule has 0 aliphatic heterocycles. The van der Waals surface area contributed by atoms with E-state index in [1.54, 1.807) is 0 Å². The van der Waals surface area contributed by atoms with Gasteiger partial charge in [-0.15, -0.1) is 10.2 Å². The molecule has 0 aromatic carbocycles. The molecule has 2 aliphatic carbocycles. The van der Waals surface area contributed by atoms with Crippen molar-refractivity contribution in [2.45, 2.75) is 32.6 Å². The molecule has 6 heteroatoms. The predicted octanol–water partition coefficient (Wildman–Crippen LogP) is 1.52. The second kappa shape index (κ2) is 3.40. The van der Waals surface area contributed by atoms with Crippen LogP contribution >= 0.6 is 0 Å². The summed E-state index contributed by atoms with van der Waals surface area (Å²) in [6.07, 6.45) is 2.44. The lowest BCUT2D eigenvalue weighted by Crippen LogP contribution is -1.98. The lowest BCUT2D eigenvalue weighted by molar-refractivity contribution is 0.503. The van der Waals surface area contributed by atoms with Crippen LogP contribution in [0.1, 0.15) is 37.4 Å². The van der Waals surface area contributed by atoms with Gasteiger partial charge in [0.05, 0.1) is 5.69 Å². The fraction of sp³-hybridized carbons (Fsp3) is 0.667. The first kappa shape index (κ1) is 10.2. The minimum Gasteiger partial charge on any atom is -0.274 e. The zero-order valence-electron chi connectivity index (χ0n) is 10.5. The number of nitrogens with zero attached hydrogens (tertiary/aromatic N) is 4. The van der Waals surface area contributed by atoms with Crippen molar-refractivity contribution in [2.24, 2.45) is 17.8 Å². The van der Waals surface area contributed by atoms with Crippen LogP contribution in [0, 0.1) is 17.8 Å². The maximum atomic E-state index is 4.49. The zero-order chi connectivity index (χ0) is 12.3. The molecule has 0 spiro atoms. The summed E-state index contributed by atoms with van der Waals surface area (Å²) in [6, 6.07) is 0. The molecular formula is C12H16N6. The van der Waals surface area contributed by atoms with E-state index in [0.29, 0.717) is 11.7 Å². The molecule has 2 aromatic rings. The molecule has 6 nitrogen and oxygen atoms in total. The minimum absolute atomic E-state index is 0.630. The first-order valence-electron chi connectivity index (χ1n) is 6.56. The number of hydrogen-bond acceptors (Lipinski definition) is 4. The van der Waals surface area contributed by atoms with Crippen molar-refractivity contribution < 1.29 is 0 Å². The fourth-order valence-electron chi connectivity index (χ4n) is 3.54. The highest BCUT2D eigenvalue weighted by Gasteiger charge is 2.57. The third-order valence-corrected chi connectivity index (χ3v) is 4.30. The Bertz CT molecular complexity index is 569. The Morgan fingerprint density at radius 2 is 2.22 bits per heavy atom. The minimum atomic E-state index is 0.630. The van der Waals surface area contributed by atoms with E-state index < -0.39 is 0 Å². The van der Waals surface area contributed by atoms with E-state index >= 15 is 0 Å². The largest absolute Gasteiger partial charge is 0.274 e. The van der Waals surface area contributed by atoms with Crippen LogP contribution in [0.25, 0.3) is 11.5 Å². The Hall–Kier alpha value is -1.72. The lowest BCUT2D eigenvalue weighted by Gasteiger charge is -2.06. The Morgan fingerprint density at radius 1 is 1.33 bits per heavy atom. The van der Waals surface area contributed by atoms with Crippen LogP contribution in [0.2, 0.25) is 0 Å². The fourth-order valence-corrected chi connectivity index (χ4v) is 3.54. The molecule has 2 N–H and O–H groups in total. The standard InChI is InChI=1S/C12H16N6/c1-5(2)3-6-7-4-8-10(9(6)7)13-14-11(8)12-15-17-18-16-12/h5-7,9H,3-4H2,1-2H3,(H,13,14)(H,15,16,17,18)/t6?,7-,9+/m0/s1. The predicted molar refractivity (Wildman–Crippen MR) is 64.6 cm³/mol. The third kappa shape index (κ3) is 1.28. The Kier molecular flexibility index (Phi) is 1.93. The highest BCUT2D eigenvalue weighted by atomic mass is 15.5. The maximum Gasteiger partial charge on any atom is 0.222 e. The number of aromatic amines is 2. The lowest BCUT2D eigenvalue weighted by atomic mass is 9.99. The molecule has 1 saturated carbocycles. The van der Waals surface area contributed by atoms with Gasteiger partial charge in [-0.1, -0.05) is 13.8 Å². The topological polar surface area (TPSA) is 83.1 Å². The van der Waals surface area contributed by atoms with E-state index in [2.05, 4.69) is 44.7 Å². The molecule has 0 radical (unpaired) electrons. The van der Waals surface area contributed by atoms with E-state index in [9.17, 15) is 0 Å². The summed E-state index contributed by atoms with van der Waals surface area (Å²) < 4.78 is 0. The van der Waals surface area contributed by atoms with Crippen LogP contribution in [0.15, 0.2) is 0 Å². The van der Waals surface area contributed by atoms with Crippen LogP contribution in [0.5, 0.6) is 0 Å². The second-order valence-electron chi connectivity index (χ2n) is 5.88. The van der Waals surface area contributed by atoms with Crippen molar-refractivity contribution in [3.63, 3.8) is 0 Å². The molecule has 18 heavy (non-hydrogen) atoms. The number of tetrazole rings is 1. The SMILES string of the molecule is CC(C)CC1[C@H]2c3n[nH]c(-c4nn[nH]n4)c3C[C@@H]12. The van der Waals surface area contributed by atoms with Crippen molar-refractivity contribution in [3.8, 4) is 11.5 Å². The Balaban J connectivity index is 1.63. The molecule has 3 atom stereocenters. The number of aromatic nitrogens is 6. The number of hydrogen-bond donors (Lipinski definition) is 2. The summed E-state index contributed by atoms with van der Waals surface area (Å²) >= 11 is 0. The molecule has 1 unspecified atom stereocenters. The van der Waals surface area contributed by atoms with E-state index in [-0.39, 0.29) is 0 Å². The van der Waals surface area contributed by atoms with E-state index in [4.69, 9.17) is 0 Å². The molecule has 2 heterocycles. The molecule has 2 aliphatic rings. The number of nitrogens with one attached hydrogen (secondary N) is 2. The average Bonchev–Trinajstić information content (AvgIpc) is 2.83. The zero-order valence-corrected chi connectivity index (χ0v) is 10.5. The summed E-state index contributed by atoms with van der Waals surface area (Å²) in [7, 11) is 0. The van der Waals surface area contributed by atoms with Crippen molar-refractivity contribution >= 4 is 0 Å². The van der Waals surface area contributed by atoms with Gasteiger partial charge in [-0.2, -0.15) is 10.3 Å². The highest BCUT2D eigenvalue weighted by Crippen LogP contribution is 2.63. The van der Waals surface area contributed by atoms with Gasteiger partial charge < -0.3 is 0 Å². The van der Waals surface area contributed by atoms with Gasteiger partial charge in [-0.05, 0) is 35.8 Å². The van der Waals surface area contributed by atoms with Gasteiger partial charge >= 0.3 is 0 Å². The van der Waals surface area contributed by atoms with Gasteiger partial charge in [0.15, 0.2) is 0 Å². The van der Waals surface area contributed by atoms with Gasteiger partial charge in [0.1, 0.15) is 5.69 Å². The van der Waals surface area contributed by atoms with Crippen molar-refractivity contribution in [1.29, 1.82) is 0 Å². The van der Waals surface area contributed by atoms with E-state index in [0.717, 1.165) is 29.9 Å². The maximum absolute atomic E-state index is 4.49. The number of H-pyrrole nitrogens is 2. The van der Waals surface area contributed by atoms with Crippen molar-refractivity contribution in [1.82, 2.24) is 30.8 Å². The molecule has 94 valence electrons. The first-order valence-corrected chi connectivity index (χ1v) is 6.56. The van der Waals surface area contributed by atoms with Crippen LogP contribution in [-0.2, 0) is 6.42 Å². The van der Waals surface area contributed by atoms with Crippen molar-refractivity contribution in [2.75, 3.05) is 0 Å². The monoisotopic (exact) mass is 244 g/mol. The molecule has 0 amide bonds. The van der Waals surface area contributed by atoms with Crippen molar-refractivity contribution in [3.05, 3.63) is 11.3 Å². The quantitative estimate of drug-likeness (QED) is 0.857. The number of fused-ring (bicyclic) bond motifs is 3. The smallest absolute Gasteiger partial charge is 0.222 e. The normalized spacial score (nSPS) is 28.5. The van der Waals surface area contributed by atoms with Gasteiger partial charge in [0, 0.05) is 11.5 Å². The van der Waals surface area contributed by atoms with Crippen LogP contribution in [0.4, 0.5) is 0 Å². The average molecular weight is 244 g/mol. The summed E-state index contributed by atoms with van der Waals surface area (Å²) in [5.41, 5.74) is 3.52. The summed E-state index contributed by atoms with van der Waals surface area (Å²) in [6.45, 7) is 4.59. The third-order valence-electron chi connectivity index (χ3n) is 4.30. The van der Waals surface area contributed by atoms with Crippen LogP contribution in [0.3, 0.4) is 0 Å². The van der Waals surface area contributed by atoms with Crippen LogP contribution < -0.4 is 0 Å². The van der Waals surface area contributed by atoms with Gasteiger partial charge in [-0.25, -0.2) is 0 Å². The van der Waals surface area contributed by atoms with E-state index in [1.807, 2.05) is 0 Å². The Morgan fingerprint density at radius 3 is 2.94 bits per heavy atom. The van der Waals surface area contributed by atoms with Gasteiger partial charge in [-0.3, -0.25) is 5.10 Å². The van der Waals surface area contributed by atoms with E-state index in [1.165, 1.54) is 17.7 Å². The Labute approximate surface area is 105 Å². The summed E-state index contributed by atoms with van der Waals surface area (Å²) in [5.74, 6) is 3.74. The highest BCUT2D eigenvalue weighted by molar-refractivity contribution is 5.59. The summed E-state index contributed by atoms with van der Waals surface area (Å²) in [4.78, 5) is 0. The van der Waals surface area contributed by atoms with Crippen LogP contribution in [-0.4, -0.2) is 30.8 Å². The molecular weight excluding hydrogens is 228 g/mol.